The number of hydrogen-bond donors (Lipinski definition) is 0. The third-order valence-electron chi connectivity index (χ3n) is 8.09. The van der Waals surface area contributed by atoms with Gasteiger partial charge in [0.1, 0.15) is 0 Å². The van der Waals surface area contributed by atoms with E-state index in [1.807, 2.05) is 36.4 Å². The summed E-state index contributed by atoms with van der Waals surface area (Å²) in [5.41, 5.74) is 4.38. The fourth-order valence-electron chi connectivity index (χ4n) is 6.16. The molecule has 0 bridgehead atoms. The minimum Gasteiger partial charge on any atom is -0.309 e. The van der Waals surface area contributed by atoms with E-state index in [-0.39, 0.29) is 11.8 Å². The molecule has 43 heavy (non-hydrogen) atoms. The fourth-order valence-corrected chi connectivity index (χ4v) is 8.48. The van der Waals surface area contributed by atoms with Crippen molar-refractivity contribution in [3.63, 3.8) is 0 Å². The number of benzene rings is 6. The summed E-state index contributed by atoms with van der Waals surface area (Å²) < 4.78 is 2.20. The van der Waals surface area contributed by atoms with Crippen LogP contribution in [0.2, 0.25) is 0 Å². The first-order valence-electron chi connectivity index (χ1n) is 14.2. The van der Waals surface area contributed by atoms with Gasteiger partial charge in [0.2, 0.25) is 0 Å². The molecule has 0 unspecified atom stereocenters. The normalized spacial score (nSPS) is 12.9. The lowest BCUT2D eigenvalue weighted by atomic mass is 10.1. The third kappa shape index (κ3) is 4.11. The molecular formula is C38H25N2O2P. The fraction of sp³-hybridized carbons (Fsp3) is 0. The van der Waals surface area contributed by atoms with Gasteiger partial charge in [0.25, 0.3) is 11.8 Å². The van der Waals surface area contributed by atoms with Crippen molar-refractivity contribution in [2.24, 2.45) is 0 Å². The second kappa shape index (κ2) is 10.2. The molecule has 1 aliphatic rings. The monoisotopic (exact) mass is 572 g/mol. The summed E-state index contributed by atoms with van der Waals surface area (Å²) in [6.45, 7) is 0. The second-order valence-corrected chi connectivity index (χ2v) is 12.8. The lowest BCUT2D eigenvalue weighted by Gasteiger charge is -2.19. The summed E-state index contributed by atoms with van der Waals surface area (Å²) in [6, 6.07) is 51.3. The Labute approximate surface area is 250 Å². The van der Waals surface area contributed by atoms with E-state index < -0.39 is 7.92 Å². The summed E-state index contributed by atoms with van der Waals surface area (Å²) in [5.74, 6) is -0.590. The summed E-state index contributed by atoms with van der Waals surface area (Å²) in [4.78, 5) is 28.1. The van der Waals surface area contributed by atoms with Crippen molar-refractivity contribution >= 4 is 63.1 Å². The highest BCUT2D eigenvalue weighted by Gasteiger charge is 2.37. The van der Waals surface area contributed by atoms with Crippen LogP contribution in [-0.2, 0) is 0 Å². The highest BCUT2D eigenvalue weighted by molar-refractivity contribution is 7.79. The van der Waals surface area contributed by atoms with E-state index in [9.17, 15) is 9.59 Å². The van der Waals surface area contributed by atoms with Crippen LogP contribution in [0.5, 0.6) is 0 Å². The molecule has 0 aliphatic carbocycles. The van der Waals surface area contributed by atoms with E-state index in [0.717, 1.165) is 27.5 Å². The molecule has 0 radical (unpaired) electrons. The van der Waals surface area contributed by atoms with Crippen LogP contribution in [0.15, 0.2) is 152 Å². The number of imide groups is 1. The molecular weight excluding hydrogens is 547 g/mol. The number of hydrogen-bond acceptors (Lipinski definition) is 2. The zero-order valence-corrected chi connectivity index (χ0v) is 24.0. The molecule has 0 atom stereocenters. The lowest BCUT2D eigenvalue weighted by Crippen LogP contribution is -2.29. The zero-order valence-electron chi connectivity index (χ0n) is 23.1. The maximum absolute atomic E-state index is 13.5. The van der Waals surface area contributed by atoms with Gasteiger partial charge >= 0.3 is 0 Å². The van der Waals surface area contributed by atoms with Crippen LogP contribution in [0.4, 0.5) is 5.69 Å². The van der Waals surface area contributed by atoms with Crippen LogP contribution >= 0.6 is 7.92 Å². The van der Waals surface area contributed by atoms with Crippen molar-refractivity contribution < 1.29 is 9.59 Å². The van der Waals surface area contributed by atoms with Crippen LogP contribution in [0, 0.1) is 0 Å². The highest BCUT2D eigenvalue weighted by atomic mass is 31.1. The van der Waals surface area contributed by atoms with Crippen molar-refractivity contribution in [3.05, 3.63) is 163 Å². The summed E-state index contributed by atoms with van der Waals surface area (Å²) in [7, 11) is -0.759. The Morgan fingerprint density at radius 2 is 1.00 bits per heavy atom. The number of fused-ring (bicyclic) bond motifs is 4. The molecule has 0 spiro atoms. The van der Waals surface area contributed by atoms with Crippen molar-refractivity contribution in [1.29, 1.82) is 0 Å². The first kappa shape index (κ1) is 25.4. The summed E-state index contributed by atoms with van der Waals surface area (Å²) >= 11 is 0. The number of amides is 2. The lowest BCUT2D eigenvalue weighted by molar-refractivity contribution is 0.0926. The van der Waals surface area contributed by atoms with Gasteiger partial charge in [-0.05, 0) is 72.4 Å². The van der Waals surface area contributed by atoms with Crippen molar-refractivity contribution in [3.8, 4) is 5.69 Å². The number of carbonyl (C=O) groups is 2. The molecule has 8 rings (SSSR count). The molecule has 0 fully saturated rings. The van der Waals surface area contributed by atoms with E-state index in [4.69, 9.17) is 0 Å². The minimum absolute atomic E-state index is 0.292. The van der Waals surface area contributed by atoms with Gasteiger partial charge in [0.15, 0.2) is 0 Å². The standard InChI is InChI=1S/C38H25N2O2P/c41-37-32-22-20-27(24-34(32)38(42)40(37)26-12-4-1-5-13-26)39-35-19-11-10-18-31(35)33-25-30(21-23-36(33)39)43(28-14-6-2-7-15-28)29-16-8-3-9-17-29/h1-25H. The summed E-state index contributed by atoms with van der Waals surface area (Å²) in [5, 5.41) is 6.18. The number of nitrogens with zero attached hydrogens (tertiary/aromatic N) is 2. The molecule has 4 nitrogen and oxygen atoms in total. The van der Waals surface area contributed by atoms with Gasteiger partial charge in [-0.25, -0.2) is 4.90 Å². The molecule has 5 heteroatoms. The third-order valence-corrected chi connectivity index (χ3v) is 10.5. The van der Waals surface area contributed by atoms with Crippen LogP contribution in [0.1, 0.15) is 20.7 Å². The Kier molecular flexibility index (Phi) is 6.03. The molecule has 7 aromatic rings. The Hall–Kier alpha value is -5.31. The van der Waals surface area contributed by atoms with Crippen molar-refractivity contribution in [1.82, 2.24) is 4.57 Å². The van der Waals surface area contributed by atoms with Gasteiger partial charge in [-0.3, -0.25) is 9.59 Å². The largest absolute Gasteiger partial charge is 0.309 e. The quantitative estimate of drug-likeness (QED) is 0.160. The van der Waals surface area contributed by atoms with Gasteiger partial charge in [0.05, 0.1) is 27.8 Å². The average molecular weight is 573 g/mol. The summed E-state index contributed by atoms with van der Waals surface area (Å²) in [6.07, 6.45) is 0. The number of para-hydroxylation sites is 2. The van der Waals surface area contributed by atoms with Crippen molar-refractivity contribution in [2.75, 3.05) is 4.90 Å². The molecule has 1 aromatic heterocycles. The Morgan fingerprint density at radius 1 is 0.419 bits per heavy atom. The van der Waals surface area contributed by atoms with Crippen LogP contribution in [0.25, 0.3) is 27.5 Å². The first-order chi connectivity index (χ1) is 21.2. The predicted octanol–water partition coefficient (Wildman–Crippen LogP) is 7.34. The van der Waals surface area contributed by atoms with E-state index in [0.29, 0.717) is 16.8 Å². The molecule has 2 heterocycles. The Bertz CT molecular complexity index is 2130. The van der Waals surface area contributed by atoms with E-state index in [1.165, 1.54) is 20.8 Å². The smallest absolute Gasteiger partial charge is 0.266 e. The SMILES string of the molecule is O=C1c2ccc(-n3c4ccccc4c4cc(P(c5ccccc5)c5ccccc5)ccc43)cc2C(=O)N1c1ccccc1. The van der Waals surface area contributed by atoms with Crippen LogP contribution in [0.3, 0.4) is 0 Å². The molecule has 0 saturated heterocycles. The first-order valence-corrected chi connectivity index (χ1v) is 15.5. The number of aromatic nitrogens is 1. The number of anilines is 1. The van der Waals surface area contributed by atoms with E-state index in [2.05, 4.69) is 102 Å². The predicted molar refractivity (Wildman–Crippen MR) is 177 cm³/mol. The maximum Gasteiger partial charge on any atom is 0.266 e. The Balaban J connectivity index is 1.29. The van der Waals surface area contributed by atoms with Gasteiger partial charge in [-0.1, -0.05) is 103 Å². The van der Waals surface area contributed by atoms with E-state index >= 15 is 0 Å². The molecule has 204 valence electrons. The van der Waals surface area contributed by atoms with Crippen molar-refractivity contribution in [2.45, 2.75) is 0 Å². The zero-order chi connectivity index (χ0) is 28.9. The molecule has 1 aliphatic heterocycles. The number of carbonyl (C=O) groups excluding carboxylic acids is 2. The molecule has 0 N–H and O–H groups in total. The maximum atomic E-state index is 13.5. The highest BCUT2D eigenvalue weighted by Crippen LogP contribution is 2.38. The van der Waals surface area contributed by atoms with Crippen LogP contribution in [-0.4, -0.2) is 16.4 Å². The van der Waals surface area contributed by atoms with Gasteiger partial charge in [0, 0.05) is 16.5 Å². The molecule has 2 amide bonds. The van der Waals surface area contributed by atoms with E-state index in [1.54, 1.807) is 18.2 Å². The minimum atomic E-state index is -0.759. The average Bonchev–Trinajstić information content (AvgIpc) is 3.52. The van der Waals surface area contributed by atoms with Gasteiger partial charge in [-0.2, -0.15) is 0 Å². The molecule has 0 saturated carbocycles. The van der Waals surface area contributed by atoms with Gasteiger partial charge in [-0.15, -0.1) is 0 Å². The molecule has 6 aromatic carbocycles. The Morgan fingerprint density at radius 3 is 1.70 bits per heavy atom. The number of rotatable bonds is 5. The topological polar surface area (TPSA) is 42.3 Å². The second-order valence-electron chi connectivity index (χ2n) is 10.6. The van der Waals surface area contributed by atoms with Crippen LogP contribution < -0.4 is 20.8 Å². The van der Waals surface area contributed by atoms with Gasteiger partial charge < -0.3 is 4.57 Å².